The summed E-state index contributed by atoms with van der Waals surface area (Å²) in [4.78, 5) is 24.7. The maximum Gasteiger partial charge on any atom is 0.501 e. The molecule has 0 spiro atoms. The predicted molar refractivity (Wildman–Crippen MR) is 113 cm³/mol. The molecule has 0 aromatic heterocycles. The van der Waals surface area contributed by atoms with Gasteiger partial charge in [0.15, 0.2) is 6.21 Å². The van der Waals surface area contributed by atoms with E-state index in [2.05, 4.69) is 12.2 Å². The van der Waals surface area contributed by atoms with Crippen LogP contribution in [0.5, 0.6) is 5.75 Å². The minimum absolute atomic E-state index is 0.160. The smallest absolute Gasteiger partial charge is 0.488 e. The minimum Gasteiger partial charge on any atom is -0.488 e. The molecular weight excluding hydrogens is 413 g/mol. The second-order valence-corrected chi connectivity index (χ2v) is 7.62. The highest BCUT2D eigenvalue weighted by Crippen LogP contribution is 2.26. The number of benzene rings is 2. The molecule has 1 aliphatic heterocycles. The maximum absolute atomic E-state index is 11.8. The second-order valence-electron chi connectivity index (χ2n) is 6.78. The molecule has 0 fully saturated rings. The lowest BCUT2D eigenvalue weighted by molar-refractivity contribution is -0.387. The molecule has 2 aromatic rings. The predicted octanol–water partition coefficient (Wildman–Crippen LogP) is 3.90. The van der Waals surface area contributed by atoms with Crippen molar-refractivity contribution in [2.75, 3.05) is 20.2 Å². The lowest BCUT2D eigenvalue weighted by atomic mass is 10.1. The summed E-state index contributed by atoms with van der Waals surface area (Å²) in [5, 5.41) is 4.64. The minimum atomic E-state index is -0.360. The van der Waals surface area contributed by atoms with Gasteiger partial charge in [-0.25, -0.2) is 4.79 Å². The lowest BCUT2D eigenvalue weighted by Gasteiger charge is -2.15. The molecule has 3 rings (SSSR count). The Kier molecular flexibility index (Phi) is 6.90. The third kappa shape index (κ3) is 5.35. The van der Waals surface area contributed by atoms with Crippen molar-refractivity contribution in [3.8, 4) is 5.75 Å². The molecule has 8 heteroatoms. The quantitative estimate of drug-likeness (QED) is 0.639. The van der Waals surface area contributed by atoms with Crippen molar-refractivity contribution < 1.29 is 18.9 Å². The zero-order chi connectivity index (χ0) is 21.0. The molecule has 0 aliphatic carbocycles. The average Bonchev–Trinajstić information content (AvgIpc) is 2.94. The number of carbonyl (C=O) groups excluding carboxylic acids is 2. The van der Waals surface area contributed by atoms with Gasteiger partial charge in [0.25, 0.3) is 0 Å². The number of ether oxygens (including phenoxy) is 1. The van der Waals surface area contributed by atoms with E-state index in [1.807, 2.05) is 36.4 Å². The van der Waals surface area contributed by atoms with Gasteiger partial charge >= 0.3 is 11.9 Å². The van der Waals surface area contributed by atoms with Crippen LogP contribution in [0.1, 0.15) is 24.1 Å². The fourth-order valence-corrected chi connectivity index (χ4v) is 3.32. The van der Waals surface area contributed by atoms with Crippen molar-refractivity contribution >= 4 is 41.4 Å². The SMILES string of the molecule is C[C@H](NCc1ccc(OCCN2C(=O)C=[N+](C)C2=O)c(Cl)c1)c1ccc(Cl)cc1. The molecule has 2 aromatic carbocycles. The van der Waals surface area contributed by atoms with Crippen LogP contribution < -0.4 is 10.1 Å². The molecule has 152 valence electrons. The number of urea groups is 1. The highest BCUT2D eigenvalue weighted by Gasteiger charge is 2.37. The Morgan fingerprint density at radius 3 is 2.48 bits per heavy atom. The van der Waals surface area contributed by atoms with E-state index in [9.17, 15) is 9.59 Å². The fourth-order valence-electron chi connectivity index (χ4n) is 2.94. The molecule has 1 aliphatic rings. The zero-order valence-electron chi connectivity index (χ0n) is 16.2. The number of imide groups is 1. The highest BCUT2D eigenvalue weighted by atomic mass is 35.5. The molecule has 1 N–H and O–H groups in total. The Hall–Kier alpha value is -2.41. The van der Waals surface area contributed by atoms with Gasteiger partial charge in [0, 0.05) is 17.6 Å². The van der Waals surface area contributed by atoms with Gasteiger partial charge in [-0.15, -0.1) is 4.90 Å². The van der Waals surface area contributed by atoms with Gasteiger partial charge < -0.3 is 10.1 Å². The van der Waals surface area contributed by atoms with E-state index in [1.54, 1.807) is 13.1 Å². The Morgan fingerprint density at radius 1 is 1.14 bits per heavy atom. The first kappa shape index (κ1) is 21.3. The largest absolute Gasteiger partial charge is 0.501 e. The lowest BCUT2D eigenvalue weighted by Crippen LogP contribution is -2.36. The van der Waals surface area contributed by atoms with Gasteiger partial charge in [-0.3, -0.25) is 0 Å². The topological polar surface area (TPSA) is 61.6 Å². The van der Waals surface area contributed by atoms with Crippen molar-refractivity contribution in [1.82, 2.24) is 10.2 Å². The van der Waals surface area contributed by atoms with Crippen LogP contribution in [-0.4, -0.2) is 47.8 Å². The van der Waals surface area contributed by atoms with Crippen LogP contribution in [0.25, 0.3) is 0 Å². The van der Waals surface area contributed by atoms with E-state index in [4.69, 9.17) is 27.9 Å². The number of amides is 3. The number of hydrogen-bond donors (Lipinski definition) is 1. The molecule has 29 heavy (non-hydrogen) atoms. The van der Waals surface area contributed by atoms with Crippen LogP contribution in [-0.2, 0) is 11.3 Å². The van der Waals surface area contributed by atoms with Crippen LogP contribution in [0.2, 0.25) is 10.0 Å². The van der Waals surface area contributed by atoms with Crippen molar-refractivity contribution in [3.63, 3.8) is 0 Å². The summed E-state index contributed by atoms with van der Waals surface area (Å²) in [6.07, 6.45) is 1.25. The Bertz CT molecular complexity index is 945. The van der Waals surface area contributed by atoms with Gasteiger partial charge in [0.1, 0.15) is 18.9 Å². The van der Waals surface area contributed by atoms with Crippen LogP contribution in [0.4, 0.5) is 4.79 Å². The summed E-state index contributed by atoms with van der Waals surface area (Å²) in [6, 6.07) is 13.1. The Balaban J connectivity index is 1.50. The molecule has 1 atom stereocenters. The van der Waals surface area contributed by atoms with Crippen LogP contribution in [0.3, 0.4) is 0 Å². The zero-order valence-corrected chi connectivity index (χ0v) is 17.7. The number of carbonyl (C=O) groups is 2. The molecule has 0 bridgehead atoms. The van der Waals surface area contributed by atoms with Crippen LogP contribution in [0.15, 0.2) is 42.5 Å². The van der Waals surface area contributed by atoms with Crippen molar-refractivity contribution in [2.45, 2.75) is 19.5 Å². The van der Waals surface area contributed by atoms with Gasteiger partial charge in [0.2, 0.25) is 0 Å². The van der Waals surface area contributed by atoms with Crippen LogP contribution >= 0.6 is 23.2 Å². The first-order valence-corrected chi connectivity index (χ1v) is 9.94. The summed E-state index contributed by atoms with van der Waals surface area (Å²) in [5.74, 6) is 0.168. The van der Waals surface area contributed by atoms with E-state index in [1.165, 1.54) is 10.8 Å². The van der Waals surface area contributed by atoms with Crippen LogP contribution in [0, 0.1) is 0 Å². The van der Waals surface area contributed by atoms with Crippen molar-refractivity contribution in [3.05, 3.63) is 63.6 Å². The van der Waals surface area contributed by atoms with E-state index in [0.717, 1.165) is 16.0 Å². The summed E-state index contributed by atoms with van der Waals surface area (Å²) < 4.78 is 6.90. The molecule has 3 amide bonds. The monoisotopic (exact) mass is 434 g/mol. The molecule has 0 radical (unpaired) electrons. The standard InChI is InChI=1S/C21H22Cl2N3O3/c1-14(16-4-6-17(22)7-5-16)24-12-15-3-8-19(18(23)11-15)29-10-9-26-20(27)13-25(2)21(26)28/h3-8,11,13-14,24H,9-10,12H2,1-2H3/q+1/t14-/m0/s1. The normalized spacial score (nSPS) is 14.9. The van der Waals surface area contributed by atoms with E-state index < -0.39 is 0 Å². The van der Waals surface area contributed by atoms with Crippen molar-refractivity contribution in [2.24, 2.45) is 0 Å². The first-order valence-electron chi connectivity index (χ1n) is 9.18. The van der Waals surface area contributed by atoms with E-state index >= 15 is 0 Å². The molecular formula is C21H22Cl2N3O3+. The molecule has 0 saturated heterocycles. The maximum atomic E-state index is 11.8. The van der Waals surface area contributed by atoms with E-state index in [-0.39, 0.29) is 31.1 Å². The average molecular weight is 435 g/mol. The number of rotatable bonds is 8. The van der Waals surface area contributed by atoms with Crippen molar-refractivity contribution in [1.29, 1.82) is 0 Å². The highest BCUT2D eigenvalue weighted by molar-refractivity contribution is 6.32. The number of nitrogens with zero attached hydrogens (tertiary/aromatic N) is 2. The molecule has 1 heterocycles. The van der Waals surface area contributed by atoms with E-state index in [0.29, 0.717) is 22.3 Å². The summed E-state index contributed by atoms with van der Waals surface area (Å²) in [5.41, 5.74) is 2.17. The number of halogens is 2. The number of hydrogen-bond acceptors (Lipinski definition) is 4. The third-order valence-corrected chi connectivity index (χ3v) is 5.20. The second kappa shape index (κ2) is 9.39. The Labute approximate surface area is 179 Å². The van der Waals surface area contributed by atoms with Gasteiger partial charge in [-0.05, 0) is 42.3 Å². The molecule has 6 nitrogen and oxygen atoms in total. The molecule has 0 unspecified atom stereocenters. The number of nitrogens with one attached hydrogen (secondary N) is 1. The Morgan fingerprint density at radius 2 is 1.86 bits per heavy atom. The summed E-state index contributed by atoms with van der Waals surface area (Å²) in [7, 11) is 1.54. The third-order valence-electron chi connectivity index (χ3n) is 4.65. The summed E-state index contributed by atoms with van der Waals surface area (Å²) >= 11 is 12.3. The first-order chi connectivity index (χ1) is 13.8. The van der Waals surface area contributed by atoms with Gasteiger partial charge in [-0.1, -0.05) is 41.4 Å². The summed E-state index contributed by atoms with van der Waals surface area (Å²) in [6.45, 7) is 3.06. The fraction of sp³-hybridized carbons (Fsp3) is 0.286. The molecule has 0 saturated carbocycles. The van der Waals surface area contributed by atoms with Gasteiger partial charge in [0.05, 0.1) is 12.1 Å². The van der Waals surface area contributed by atoms with Gasteiger partial charge in [-0.2, -0.15) is 9.37 Å².